The minimum absolute atomic E-state index is 0.126. The van der Waals surface area contributed by atoms with E-state index in [1.165, 1.54) is 0 Å². The Balaban J connectivity index is 1.56. The normalized spacial score (nSPS) is 16.5. The average Bonchev–Trinajstić information content (AvgIpc) is 3.14. The third-order valence-corrected chi connectivity index (χ3v) is 5.98. The maximum atomic E-state index is 6.34. The lowest BCUT2D eigenvalue weighted by Gasteiger charge is -2.38. The Morgan fingerprint density at radius 3 is 2.67 bits per heavy atom. The number of nitrogens with one attached hydrogen (secondary N) is 2. The van der Waals surface area contributed by atoms with Crippen LogP contribution in [0.15, 0.2) is 36.5 Å². The number of nitrogens with two attached hydrogens (primary N) is 1. The standard InChI is InChI=1S/C22H31N7O/c1-22(2,16-9-11-30-12-10-16)28-19-17-13-25-29(3)20(17)27-21(26-19)24-14-18(23)15-7-5-4-6-8-15/h4-8,13,16,18H,9-12,14,23H2,1-3H3,(H2,24,26,27,28). The number of aryl methyl sites for hydroxylation is 1. The van der Waals surface area contributed by atoms with Gasteiger partial charge in [0.2, 0.25) is 5.95 Å². The summed E-state index contributed by atoms with van der Waals surface area (Å²) in [7, 11) is 1.89. The van der Waals surface area contributed by atoms with Crippen LogP contribution in [-0.2, 0) is 11.8 Å². The SMILES string of the molecule is Cn1ncc2c(NC(C)(C)C3CCOCC3)nc(NCC(N)c3ccccc3)nc21. The zero-order valence-corrected chi connectivity index (χ0v) is 17.9. The summed E-state index contributed by atoms with van der Waals surface area (Å²) in [6.45, 7) is 6.62. The molecule has 0 spiro atoms. The highest BCUT2D eigenvalue weighted by atomic mass is 16.5. The quantitative estimate of drug-likeness (QED) is 0.551. The number of ether oxygens (including phenoxy) is 1. The highest BCUT2D eigenvalue weighted by Gasteiger charge is 2.32. The first-order valence-electron chi connectivity index (χ1n) is 10.5. The fourth-order valence-electron chi connectivity index (χ4n) is 4.04. The summed E-state index contributed by atoms with van der Waals surface area (Å²) in [5.41, 5.74) is 8.07. The molecule has 160 valence electrons. The van der Waals surface area contributed by atoms with Gasteiger partial charge in [0.25, 0.3) is 0 Å². The smallest absolute Gasteiger partial charge is 0.226 e. The van der Waals surface area contributed by atoms with Gasteiger partial charge < -0.3 is 21.1 Å². The number of rotatable bonds is 7. The Morgan fingerprint density at radius 1 is 1.20 bits per heavy atom. The van der Waals surface area contributed by atoms with E-state index in [0.717, 1.165) is 48.5 Å². The fourth-order valence-corrected chi connectivity index (χ4v) is 4.04. The van der Waals surface area contributed by atoms with E-state index in [4.69, 9.17) is 15.5 Å². The topological polar surface area (TPSA) is 103 Å². The first-order valence-corrected chi connectivity index (χ1v) is 10.5. The second kappa shape index (κ2) is 8.57. The van der Waals surface area contributed by atoms with E-state index in [-0.39, 0.29) is 11.6 Å². The fraction of sp³-hybridized carbons (Fsp3) is 0.500. The van der Waals surface area contributed by atoms with Crippen molar-refractivity contribution >= 4 is 22.8 Å². The van der Waals surface area contributed by atoms with Gasteiger partial charge in [0, 0.05) is 38.4 Å². The summed E-state index contributed by atoms with van der Waals surface area (Å²) in [6, 6.07) is 9.89. The summed E-state index contributed by atoms with van der Waals surface area (Å²) in [6.07, 6.45) is 3.90. The second-order valence-corrected chi connectivity index (χ2v) is 8.53. The lowest BCUT2D eigenvalue weighted by Crippen LogP contribution is -2.42. The molecule has 1 aromatic carbocycles. The average molecular weight is 410 g/mol. The number of fused-ring (bicyclic) bond motifs is 1. The lowest BCUT2D eigenvalue weighted by molar-refractivity contribution is 0.0491. The Morgan fingerprint density at radius 2 is 1.93 bits per heavy atom. The predicted molar refractivity (Wildman–Crippen MR) is 119 cm³/mol. The van der Waals surface area contributed by atoms with Gasteiger partial charge in [0.15, 0.2) is 5.65 Å². The second-order valence-electron chi connectivity index (χ2n) is 8.53. The van der Waals surface area contributed by atoms with E-state index in [1.807, 2.05) is 43.6 Å². The van der Waals surface area contributed by atoms with E-state index in [2.05, 4.69) is 34.6 Å². The molecule has 1 aliphatic rings. The number of hydrogen-bond donors (Lipinski definition) is 3. The number of hydrogen-bond acceptors (Lipinski definition) is 7. The van der Waals surface area contributed by atoms with Crippen molar-refractivity contribution in [3.05, 3.63) is 42.1 Å². The van der Waals surface area contributed by atoms with Gasteiger partial charge in [0.1, 0.15) is 5.82 Å². The van der Waals surface area contributed by atoms with Crippen molar-refractivity contribution in [1.82, 2.24) is 19.7 Å². The van der Waals surface area contributed by atoms with Gasteiger partial charge >= 0.3 is 0 Å². The van der Waals surface area contributed by atoms with Gasteiger partial charge in [0.05, 0.1) is 11.6 Å². The molecule has 0 amide bonds. The molecular formula is C22H31N7O. The number of nitrogens with zero attached hydrogens (tertiary/aromatic N) is 4. The van der Waals surface area contributed by atoms with E-state index >= 15 is 0 Å². The van der Waals surface area contributed by atoms with Crippen molar-refractivity contribution in [2.24, 2.45) is 18.7 Å². The third kappa shape index (κ3) is 4.39. The summed E-state index contributed by atoms with van der Waals surface area (Å²) in [4.78, 5) is 9.45. The molecular weight excluding hydrogens is 378 g/mol. The highest BCUT2D eigenvalue weighted by Crippen LogP contribution is 2.32. The van der Waals surface area contributed by atoms with Crippen LogP contribution < -0.4 is 16.4 Å². The Kier molecular flexibility index (Phi) is 5.87. The van der Waals surface area contributed by atoms with Gasteiger partial charge in [-0.25, -0.2) is 0 Å². The molecule has 1 aliphatic heterocycles. The first-order chi connectivity index (χ1) is 14.4. The molecule has 4 N–H and O–H groups in total. The molecule has 2 aromatic heterocycles. The van der Waals surface area contributed by atoms with Crippen LogP contribution in [0, 0.1) is 5.92 Å². The molecule has 0 saturated carbocycles. The Bertz CT molecular complexity index is 980. The van der Waals surface area contributed by atoms with Crippen LogP contribution in [0.3, 0.4) is 0 Å². The molecule has 30 heavy (non-hydrogen) atoms. The number of anilines is 2. The molecule has 1 unspecified atom stereocenters. The summed E-state index contributed by atoms with van der Waals surface area (Å²) < 4.78 is 7.31. The van der Waals surface area contributed by atoms with Crippen molar-refractivity contribution in [2.75, 3.05) is 30.4 Å². The maximum Gasteiger partial charge on any atom is 0.226 e. The molecule has 4 rings (SSSR count). The zero-order valence-electron chi connectivity index (χ0n) is 17.9. The third-order valence-electron chi connectivity index (χ3n) is 5.98. The van der Waals surface area contributed by atoms with Gasteiger partial charge in [-0.05, 0) is 38.2 Å². The molecule has 3 aromatic rings. The molecule has 3 heterocycles. The minimum Gasteiger partial charge on any atom is -0.381 e. The van der Waals surface area contributed by atoms with Crippen molar-refractivity contribution < 1.29 is 4.74 Å². The number of aromatic nitrogens is 4. The summed E-state index contributed by atoms with van der Waals surface area (Å²) >= 11 is 0. The van der Waals surface area contributed by atoms with Crippen LogP contribution in [0.2, 0.25) is 0 Å². The predicted octanol–water partition coefficient (Wildman–Crippen LogP) is 3.09. The molecule has 8 heteroatoms. The van der Waals surface area contributed by atoms with Crippen LogP contribution in [0.4, 0.5) is 11.8 Å². The first kappa shape index (κ1) is 20.6. The molecule has 0 bridgehead atoms. The monoisotopic (exact) mass is 409 g/mol. The van der Waals surface area contributed by atoms with Crippen LogP contribution in [-0.4, -0.2) is 45.0 Å². The van der Waals surface area contributed by atoms with Gasteiger partial charge in [-0.2, -0.15) is 15.1 Å². The molecule has 0 aliphatic carbocycles. The van der Waals surface area contributed by atoms with Gasteiger partial charge in [-0.1, -0.05) is 30.3 Å². The van der Waals surface area contributed by atoms with Crippen LogP contribution in [0.1, 0.15) is 38.3 Å². The maximum absolute atomic E-state index is 6.34. The summed E-state index contributed by atoms with van der Waals surface area (Å²) in [5.74, 6) is 1.85. The van der Waals surface area contributed by atoms with E-state index < -0.39 is 0 Å². The largest absolute Gasteiger partial charge is 0.381 e. The van der Waals surface area contributed by atoms with Crippen molar-refractivity contribution in [3.8, 4) is 0 Å². The van der Waals surface area contributed by atoms with Crippen molar-refractivity contribution in [1.29, 1.82) is 0 Å². The molecule has 1 atom stereocenters. The zero-order chi connectivity index (χ0) is 21.1. The number of benzene rings is 1. The summed E-state index contributed by atoms with van der Waals surface area (Å²) in [5, 5.41) is 12.3. The van der Waals surface area contributed by atoms with Crippen LogP contribution in [0.25, 0.3) is 11.0 Å². The molecule has 1 saturated heterocycles. The van der Waals surface area contributed by atoms with E-state index in [0.29, 0.717) is 18.4 Å². The van der Waals surface area contributed by atoms with Gasteiger partial charge in [-0.3, -0.25) is 4.68 Å². The Hall–Kier alpha value is -2.71. The minimum atomic E-state index is -0.146. The Labute approximate surface area is 177 Å². The van der Waals surface area contributed by atoms with E-state index in [1.54, 1.807) is 4.68 Å². The van der Waals surface area contributed by atoms with Crippen molar-refractivity contribution in [3.63, 3.8) is 0 Å². The molecule has 8 nitrogen and oxygen atoms in total. The lowest BCUT2D eigenvalue weighted by atomic mass is 9.82. The van der Waals surface area contributed by atoms with Crippen molar-refractivity contribution in [2.45, 2.75) is 38.3 Å². The van der Waals surface area contributed by atoms with Crippen LogP contribution >= 0.6 is 0 Å². The van der Waals surface area contributed by atoms with Gasteiger partial charge in [-0.15, -0.1) is 0 Å². The van der Waals surface area contributed by atoms with Crippen LogP contribution in [0.5, 0.6) is 0 Å². The van der Waals surface area contributed by atoms with E-state index in [9.17, 15) is 0 Å². The highest BCUT2D eigenvalue weighted by molar-refractivity contribution is 5.87. The molecule has 1 fully saturated rings. The molecule has 0 radical (unpaired) electrons.